The van der Waals surface area contributed by atoms with Gasteiger partial charge in [-0.15, -0.1) is 0 Å². The lowest BCUT2D eigenvalue weighted by molar-refractivity contribution is -0.384. The van der Waals surface area contributed by atoms with E-state index in [1.165, 1.54) is 33.5 Å². The molecule has 1 aromatic heterocycles. The number of carbonyl (C=O) groups excluding carboxylic acids is 1. The van der Waals surface area contributed by atoms with Gasteiger partial charge in [-0.05, 0) is 24.3 Å². The number of nitrogens with zero attached hydrogens (tertiary/aromatic N) is 2. The van der Waals surface area contributed by atoms with E-state index in [0.717, 1.165) is 0 Å². The molecule has 8 nitrogen and oxygen atoms in total. The van der Waals surface area contributed by atoms with Gasteiger partial charge in [0, 0.05) is 23.3 Å². The second kappa shape index (κ2) is 8.39. The minimum atomic E-state index is -0.478. The molecule has 1 heterocycles. The van der Waals surface area contributed by atoms with Crippen LogP contribution in [-0.4, -0.2) is 37.0 Å². The number of aromatic nitrogens is 1. The highest BCUT2D eigenvalue weighted by Gasteiger charge is 2.19. The van der Waals surface area contributed by atoms with Crippen LogP contribution in [0, 0.1) is 10.1 Å². The van der Waals surface area contributed by atoms with Crippen molar-refractivity contribution >= 4 is 11.5 Å². The summed E-state index contributed by atoms with van der Waals surface area (Å²) in [4.78, 5) is 27.9. The summed E-state index contributed by atoms with van der Waals surface area (Å²) in [7, 11) is 4.41. The Kier molecular flexibility index (Phi) is 5.73. The van der Waals surface area contributed by atoms with Gasteiger partial charge in [-0.2, -0.15) is 0 Å². The van der Waals surface area contributed by atoms with Crippen LogP contribution in [-0.2, 0) is 0 Å². The van der Waals surface area contributed by atoms with Crippen molar-refractivity contribution in [1.82, 2.24) is 4.98 Å². The number of ether oxygens (including phenoxy) is 3. The zero-order valence-corrected chi connectivity index (χ0v) is 16.0. The monoisotopic (exact) mass is 394 g/mol. The van der Waals surface area contributed by atoms with E-state index in [1.54, 1.807) is 42.5 Å². The fourth-order valence-electron chi connectivity index (χ4n) is 2.86. The third-order valence-electron chi connectivity index (χ3n) is 4.26. The lowest BCUT2D eigenvalue weighted by atomic mass is 10.0. The minimum absolute atomic E-state index is 0.0503. The smallest absolute Gasteiger partial charge is 0.270 e. The zero-order chi connectivity index (χ0) is 21.0. The molecule has 0 fully saturated rings. The van der Waals surface area contributed by atoms with Gasteiger partial charge < -0.3 is 14.2 Å². The second-order valence-corrected chi connectivity index (χ2v) is 5.96. The van der Waals surface area contributed by atoms with Crippen LogP contribution in [0.4, 0.5) is 5.69 Å². The molecule has 0 saturated heterocycles. The number of nitro groups is 1. The third-order valence-corrected chi connectivity index (χ3v) is 4.26. The van der Waals surface area contributed by atoms with Crippen molar-refractivity contribution in [1.29, 1.82) is 0 Å². The molecule has 148 valence electrons. The summed E-state index contributed by atoms with van der Waals surface area (Å²) in [5.74, 6) is 0.733. The van der Waals surface area contributed by atoms with Gasteiger partial charge in [0.25, 0.3) is 5.69 Å². The number of hydrogen-bond acceptors (Lipinski definition) is 7. The van der Waals surface area contributed by atoms with E-state index in [9.17, 15) is 14.9 Å². The molecule has 0 amide bonds. The maximum Gasteiger partial charge on any atom is 0.270 e. The van der Waals surface area contributed by atoms with Crippen LogP contribution in [0.1, 0.15) is 16.1 Å². The summed E-state index contributed by atoms with van der Waals surface area (Å²) in [5.41, 5.74) is 1.43. The van der Waals surface area contributed by atoms with Gasteiger partial charge in [0.05, 0.1) is 31.9 Å². The number of ketones is 1. The Morgan fingerprint density at radius 2 is 1.59 bits per heavy atom. The number of non-ortho nitro benzene ring substituents is 1. The number of benzene rings is 2. The highest BCUT2D eigenvalue weighted by molar-refractivity contribution is 6.08. The predicted octanol–water partition coefficient (Wildman–Crippen LogP) is 3.91. The van der Waals surface area contributed by atoms with Gasteiger partial charge >= 0.3 is 0 Å². The van der Waals surface area contributed by atoms with E-state index in [0.29, 0.717) is 34.1 Å². The molecule has 0 saturated carbocycles. The topological polar surface area (TPSA) is 101 Å². The molecular formula is C21H18N2O6. The van der Waals surface area contributed by atoms with Crippen molar-refractivity contribution in [3.8, 4) is 28.5 Å². The van der Waals surface area contributed by atoms with E-state index in [2.05, 4.69) is 4.98 Å². The molecule has 0 spiro atoms. The van der Waals surface area contributed by atoms with Crippen molar-refractivity contribution < 1.29 is 23.9 Å². The number of nitro benzene ring substituents is 1. The number of rotatable bonds is 7. The molecule has 3 aromatic rings. The maximum atomic E-state index is 13.0. The quantitative estimate of drug-likeness (QED) is 0.340. The third kappa shape index (κ3) is 4.01. The largest absolute Gasteiger partial charge is 0.493 e. The Hall–Kier alpha value is -3.94. The van der Waals surface area contributed by atoms with Crippen molar-refractivity contribution in [3.05, 3.63) is 76.0 Å². The van der Waals surface area contributed by atoms with E-state index < -0.39 is 4.92 Å². The average Bonchev–Trinajstić information content (AvgIpc) is 2.77. The summed E-state index contributed by atoms with van der Waals surface area (Å²) in [6.45, 7) is 0. The van der Waals surface area contributed by atoms with Crippen LogP contribution < -0.4 is 14.2 Å². The van der Waals surface area contributed by atoms with Gasteiger partial charge in [-0.25, -0.2) is 4.98 Å². The SMILES string of the molecule is COc1cc(C(=O)c2cccc(-c3cccc([N+](=O)[O-])c3)n2)cc(OC)c1OC. The van der Waals surface area contributed by atoms with Gasteiger partial charge in [-0.3, -0.25) is 14.9 Å². The van der Waals surface area contributed by atoms with Crippen molar-refractivity contribution in [2.45, 2.75) is 0 Å². The van der Waals surface area contributed by atoms with Gasteiger partial charge in [0.1, 0.15) is 5.69 Å². The normalized spacial score (nSPS) is 10.3. The first kappa shape index (κ1) is 19.8. The number of hydrogen-bond donors (Lipinski definition) is 0. The van der Waals surface area contributed by atoms with Crippen LogP contribution >= 0.6 is 0 Å². The fourth-order valence-corrected chi connectivity index (χ4v) is 2.86. The van der Waals surface area contributed by atoms with E-state index in [1.807, 2.05) is 0 Å². The van der Waals surface area contributed by atoms with Crippen LogP contribution in [0.15, 0.2) is 54.6 Å². The standard InChI is InChI=1S/C21H18N2O6/c1-27-18-11-14(12-19(28-2)21(18)29-3)20(24)17-9-5-8-16(22-17)13-6-4-7-15(10-13)23(25)26/h4-12H,1-3H3. The summed E-state index contributed by atoms with van der Waals surface area (Å²) in [6, 6.07) is 14.1. The van der Waals surface area contributed by atoms with Crippen LogP contribution in [0.2, 0.25) is 0 Å². The molecule has 0 aliphatic heterocycles. The van der Waals surface area contributed by atoms with Crippen LogP contribution in [0.5, 0.6) is 17.2 Å². The average molecular weight is 394 g/mol. The predicted molar refractivity (Wildman–Crippen MR) is 106 cm³/mol. The van der Waals surface area contributed by atoms with Crippen LogP contribution in [0.25, 0.3) is 11.3 Å². The molecule has 0 atom stereocenters. The minimum Gasteiger partial charge on any atom is -0.493 e. The molecule has 0 N–H and O–H groups in total. The van der Waals surface area contributed by atoms with Crippen molar-refractivity contribution in [2.24, 2.45) is 0 Å². The first-order valence-corrected chi connectivity index (χ1v) is 8.55. The Bertz CT molecular complexity index is 1060. The molecule has 0 aliphatic rings. The highest BCUT2D eigenvalue weighted by Crippen LogP contribution is 2.38. The van der Waals surface area contributed by atoms with Gasteiger partial charge in [-0.1, -0.05) is 18.2 Å². The molecule has 8 heteroatoms. The summed E-state index contributed by atoms with van der Waals surface area (Å²) < 4.78 is 15.9. The Balaban J connectivity index is 2.02. The second-order valence-electron chi connectivity index (χ2n) is 5.96. The maximum absolute atomic E-state index is 13.0. The first-order valence-electron chi connectivity index (χ1n) is 8.55. The molecule has 0 unspecified atom stereocenters. The highest BCUT2D eigenvalue weighted by atomic mass is 16.6. The molecule has 0 bridgehead atoms. The summed E-state index contributed by atoms with van der Waals surface area (Å²) in [5, 5.41) is 11.0. The molecule has 2 aromatic carbocycles. The van der Waals surface area contributed by atoms with Gasteiger partial charge in [0.15, 0.2) is 11.5 Å². The van der Waals surface area contributed by atoms with Crippen molar-refractivity contribution in [3.63, 3.8) is 0 Å². The molecule has 0 radical (unpaired) electrons. The number of methoxy groups -OCH3 is 3. The van der Waals surface area contributed by atoms with Gasteiger partial charge in [0.2, 0.25) is 11.5 Å². The van der Waals surface area contributed by atoms with E-state index in [4.69, 9.17) is 14.2 Å². The lowest BCUT2D eigenvalue weighted by Crippen LogP contribution is -2.06. The summed E-state index contributed by atoms with van der Waals surface area (Å²) >= 11 is 0. The first-order chi connectivity index (χ1) is 14.0. The Morgan fingerprint density at radius 1 is 0.931 bits per heavy atom. The zero-order valence-electron chi connectivity index (χ0n) is 16.0. The molecular weight excluding hydrogens is 376 g/mol. The Morgan fingerprint density at radius 3 is 2.17 bits per heavy atom. The van der Waals surface area contributed by atoms with Crippen LogP contribution in [0.3, 0.4) is 0 Å². The Labute approximate surface area is 166 Å². The lowest BCUT2D eigenvalue weighted by Gasteiger charge is -2.13. The van der Waals surface area contributed by atoms with E-state index in [-0.39, 0.29) is 17.2 Å². The molecule has 0 aliphatic carbocycles. The van der Waals surface area contributed by atoms with E-state index >= 15 is 0 Å². The molecule has 3 rings (SSSR count). The van der Waals surface area contributed by atoms with Crippen molar-refractivity contribution in [2.75, 3.05) is 21.3 Å². The summed E-state index contributed by atoms with van der Waals surface area (Å²) in [6.07, 6.45) is 0. The number of carbonyl (C=O) groups is 1. The fraction of sp³-hybridized carbons (Fsp3) is 0.143. The number of pyridine rings is 1. The molecule has 29 heavy (non-hydrogen) atoms.